The van der Waals surface area contributed by atoms with Crippen molar-refractivity contribution in [2.24, 2.45) is 5.41 Å². The van der Waals surface area contributed by atoms with Crippen LogP contribution >= 0.6 is 23.2 Å². The summed E-state index contributed by atoms with van der Waals surface area (Å²) in [4.78, 5) is 27.8. The monoisotopic (exact) mass is 759 g/mol. The maximum Gasteiger partial charge on any atom is 0.331 e. The van der Waals surface area contributed by atoms with E-state index < -0.39 is 6.03 Å². The molecule has 1 aromatic heterocycles. The lowest BCUT2D eigenvalue weighted by molar-refractivity contribution is 0.132. The third kappa shape index (κ3) is 13.5. The average Bonchev–Trinajstić information content (AvgIpc) is 3.09. The Hall–Kier alpha value is -3.51. The van der Waals surface area contributed by atoms with Crippen LogP contribution in [0.15, 0.2) is 36.7 Å². The number of nitrogens with one attached hydrogen (secondary N) is 1. The van der Waals surface area contributed by atoms with Crippen LogP contribution in [-0.2, 0) is 11.3 Å². The van der Waals surface area contributed by atoms with Gasteiger partial charge in [0.25, 0.3) is 0 Å². The van der Waals surface area contributed by atoms with Crippen molar-refractivity contribution in [3.05, 3.63) is 52.3 Å². The number of ether oxygens (including phenoxy) is 3. The Balaban J connectivity index is 1.67. The Bertz CT molecular complexity index is 1540. The van der Waals surface area contributed by atoms with Gasteiger partial charge in [0.05, 0.1) is 31.3 Å². The first-order chi connectivity index (χ1) is 24.7. The van der Waals surface area contributed by atoms with E-state index in [0.717, 1.165) is 31.4 Å². The summed E-state index contributed by atoms with van der Waals surface area (Å²) in [5.74, 6) is 1.39. The van der Waals surface area contributed by atoms with Gasteiger partial charge in [0.2, 0.25) is 0 Å². The lowest BCUT2D eigenvalue weighted by atomic mass is 9.89. The summed E-state index contributed by atoms with van der Waals surface area (Å²) < 4.78 is 17.1. The van der Waals surface area contributed by atoms with Gasteiger partial charge >= 0.3 is 6.03 Å². The summed E-state index contributed by atoms with van der Waals surface area (Å²) in [6, 6.07) is 8.57. The van der Waals surface area contributed by atoms with Crippen molar-refractivity contribution in [1.29, 1.82) is 0 Å². The molecule has 2 aromatic carbocycles. The van der Waals surface area contributed by atoms with E-state index in [9.17, 15) is 4.79 Å². The van der Waals surface area contributed by atoms with E-state index in [1.54, 1.807) is 19.2 Å². The van der Waals surface area contributed by atoms with Crippen molar-refractivity contribution < 1.29 is 19.0 Å². The number of hydrogen-bond acceptors (Lipinski definition) is 9. The van der Waals surface area contributed by atoms with Gasteiger partial charge in [0, 0.05) is 32.3 Å². The number of benzene rings is 2. The maximum absolute atomic E-state index is 14.2. The molecule has 0 aliphatic heterocycles. The fourth-order valence-corrected chi connectivity index (χ4v) is 6.49. The van der Waals surface area contributed by atoms with Gasteiger partial charge < -0.3 is 30.2 Å². The van der Waals surface area contributed by atoms with E-state index in [2.05, 4.69) is 41.0 Å². The van der Waals surface area contributed by atoms with Gasteiger partial charge in [0.1, 0.15) is 46.2 Å². The summed E-state index contributed by atoms with van der Waals surface area (Å²) in [7, 11) is 8.58. The number of aromatic nitrogens is 2. The molecule has 3 aromatic rings. The molecule has 2 amide bonds. The van der Waals surface area contributed by atoms with Crippen molar-refractivity contribution in [3.8, 4) is 11.5 Å². The molecule has 52 heavy (non-hydrogen) atoms. The Kier molecular flexibility index (Phi) is 17.5. The second-order valence-electron chi connectivity index (χ2n) is 14.6. The quantitative estimate of drug-likeness (QED) is 0.0621. The molecule has 13 heteroatoms. The van der Waals surface area contributed by atoms with Crippen LogP contribution in [0.5, 0.6) is 11.5 Å². The van der Waals surface area contributed by atoms with Gasteiger partial charge in [-0.1, -0.05) is 101 Å². The SMILES string of the molecule is COc1cc(OC)c(Cl)c(N(COCCCCCCCCCCCC(C)(C)C)C(=O)N(C)c2cc(Nc3ccc(CN(C)C)cc3N)ncn2)c1Cl. The molecule has 0 fully saturated rings. The molecule has 0 aliphatic carbocycles. The zero-order valence-electron chi connectivity index (χ0n) is 32.4. The number of urea groups is 1. The van der Waals surface area contributed by atoms with Crippen molar-refractivity contribution in [2.75, 3.05) is 69.6 Å². The summed E-state index contributed by atoms with van der Waals surface area (Å²) in [5, 5.41) is 3.53. The van der Waals surface area contributed by atoms with E-state index in [0.29, 0.717) is 46.5 Å². The Morgan fingerprint density at radius 2 is 1.44 bits per heavy atom. The second-order valence-corrected chi connectivity index (χ2v) is 15.4. The van der Waals surface area contributed by atoms with Crippen LogP contribution < -0.4 is 30.3 Å². The molecule has 3 rings (SSSR count). The average molecular weight is 761 g/mol. The number of rotatable bonds is 21. The zero-order valence-corrected chi connectivity index (χ0v) is 33.9. The molecular weight excluding hydrogens is 701 g/mol. The Morgan fingerprint density at radius 3 is 2.00 bits per heavy atom. The fraction of sp³-hybridized carbons (Fsp3) is 0.564. The van der Waals surface area contributed by atoms with Crippen LogP contribution in [0, 0.1) is 5.41 Å². The van der Waals surface area contributed by atoms with Crippen LogP contribution in [0.25, 0.3) is 0 Å². The molecule has 288 valence electrons. The smallest absolute Gasteiger partial charge is 0.331 e. The molecule has 3 N–H and O–H groups in total. The number of anilines is 5. The summed E-state index contributed by atoms with van der Waals surface area (Å²) >= 11 is 13.6. The van der Waals surface area contributed by atoms with E-state index in [4.69, 9.17) is 43.1 Å². The van der Waals surface area contributed by atoms with E-state index >= 15 is 0 Å². The number of amides is 2. The Morgan fingerprint density at radius 1 is 0.846 bits per heavy atom. The number of methoxy groups -OCH3 is 2. The predicted octanol–water partition coefficient (Wildman–Crippen LogP) is 10.2. The van der Waals surface area contributed by atoms with Crippen LogP contribution in [0.3, 0.4) is 0 Å². The van der Waals surface area contributed by atoms with Crippen LogP contribution in [0.4, 0.5) is 33.5 Å². The summed E-state index contributed by atoms with van der Waals surface area (Å²) in [6.07, 6.45) is 13.4. The highest BCUT2D eigenvalue weighted by Crippen LogP contribution is 2.46. The molecule has 0 bridgehead atoms. The highest BCUT2D eigenvalue weighted by molar-refractivity contribution is 6.42. The van der Waals surface area contributed by atoms with Gasteiger partial charge in [-0.3, -0.25) is 9.80 Å². The van der Waals surface area contributed by atoms with Crippen molar-refractivity contribution in [3.63, 3.8) is 0 Å². The molecule has 11 nitrogen and oxygen atoms in total. The number of nitrogen functional groups attached to an aromatic ring is 1. The third-order valence-electron chi connectivity index (χ3n) is 8.65. The number of carbonyl (C=O) groups excluding carboxylic acids is 1. The largest absolute Gasteiger partial charge is 0.495 e. The lowest BCUT2D eigenvalue weighted by Crippen LogP contribution is -2.43. The van der Waals surface area contributed by atoms with Crippen LogP contribution in [-0.4, -0.2) is 69.6 Å². The third-order valence-corrected chi connectivity index (χ3v) is 9.38. The first-order valence-electron chi connectivity index (χ1n) is 18.1. The Labute approximate surface area is 321 Å². The van der Waals surface area contributed by atoms with Crippen LogP contribution in [0.1, 0.15) is 90.5 Å². The summed E-state index contributed by atoms with van der Waals surface area (Å²) in [6.45, 7) is 8.05. The number of carbonyl (C=O) groups is 1. The topological polar surface area (TPSA) is 118 Å². The number of hydrogen-bond donors (Lipinski definition) is 2. The molecule has 0 spiro atoms. The predicted molar refractivity (Wildman–Crippen MR) is 216 cm³/mol. The minimum atomic E-state index is -0.487. The fourth-order valence-electron chi connectivity index (χ4n) is 5.78. The highest BCUT2D eigenvalue weighted by Gasteiger charge is 2.30. The molecule has 0 aliphatic rings. The van der Waals surface area contributed by atoms with Gasteiger partial charge in [0.15, 0.2) is 0 Å². The molecule has 0 saturated heterocycles. The molecule has 0 atom stereocenters. The van der Waals surface area contributed by atoms with E-state index in [-0.39, 0.29) is 22.5 Å². The van der Waals surface area contributed by atoms with Crippen molar-refractivity contribution in [1.82, 2.24) is 14.9 Å². The minimum Gasteiger partial charge on any atom is -0.495 e. The molecule has 0 radical (unpaired) electrons. The van der Waals surface area contributed by atoms with E-state index in [1.807, 2.05) is 32.3 Å². The molecule has 0 saturated carbocycles. The lowest BCUT2D eigenvalue weighted by Gasteiger charge is -2.30. The first-order valence-corrected chi connectivity index (χ1v) is 18.9. The van der Waals surface area contributed by atoms with Gasteiger partial charge in [-0.2, -0.15) is 0 Å². The normalized spacial score (nSPS) is 11.5. The second kappa shape index (κ2) is 21.3. The molecule has 1 heterocycles. The summed E-state index contributed by atoms with van der Waals surface area (Å²) in [5.41, 5.74) is 9.32. The van der Waals surface area contributed by atoms with Crippen LogP contribution in [0.2, 0.25) is 10.0 Å². The number of unbranched alkanes of at least 4 members (excludes halogenated alkanes) is 8. The standard InChI is InChI=1S/C39H59Cl2N7O4/c1-39(2,3)20-16-14-12-10-9-11-13-15-17-21-52-27-48(37-35(40)31(50-7)23-32(51-8)36(37)41)38(49)47(6)34-24-33(43-26-44-34)45-30-19-18-28(22-29(30)42)25-46(4)5/h18-19,22-24,26H,9-17,20-21,25,27,42H2,1-8H3,(H,43,44,45). The van der Waals surface area contributed by atoms with Gasteiger partial charge in [-0.05, 0) is 50.0 Å². The number of halogens is 2. The van der Waals surface area contributed by atoms with Gasteiger partial charge in [-0.15, -0.1) is 0 Å². The maximum atomic E-state index is 14.2. The highest BCUT2D eigenvalue weighted by atomic mass is 35.5. The van der Waals surface area contributed by atoms with Crippen molar-refractivity contribution in [2.45, 2.75) is 91.5 Å². The first kappa shape index (κ1) is 42.9. The number of nitrogens with zero attached hydrogens (tertiary/aromatic N) is 5. The molecule has 0 unspecified atom stereocenters. The molecular formula is C39H59Cl2N7O4. The van der Waals surface area contributed by atoms with E-state index in [1.165, 1.54) is 75.3 Å². The zero-order chi connectivity index (χ0) is 38.3. The van der Waals surface area contributed by atoms with Gasteiger partial charge in [-0.25, -0.2) is 14.8 Å². The number of nitrogens with two attached hydrogens (primary N) is 1. The van der Waals surface area contributed by atoms with Crippen molar-refractivity contribution >= 4 is 57.9 Å². The minimum absolute atomic E-state index is 0.112.